The molecule has 0 bridgehead atoms. The number of hydrogen-bond donors (Lipinski definition) is 1. The van der Waals surface area contributed by atoms with E-state index in [1.165, 1.54) is 5.56 Å². The Balaban J connectivity index is 2.40. The second kappa shape index (κ2) is 6.62. The normalized spacial score (nSPS) is 10.0. The Bertz CT molecular complexity index is 308. The Morgan fingerprint density at radius 2 is 1.87 bits per heavy atom. The van der Waals surface area contributed by atoms with Crippen molar-refractivity contribution in [1.82, 2.24) is 5.32 Å². The fraction of sp³-hybridized carbons (Fsp3) is 0.417. The fourth-order valence-corrected chi connectivity index (χ4v) is 1.64. The van der Waals surface area contributed by atoms with Crippen LogP contribution >= 0.6 is 15.9 Å². The molecule has 0 spiro atoms. The van der Waals surface area contributed by atoms with Crippen LogP contribution in [-0.2, 0) is 16.7 Å². The van der Waals surface area contributed by atoms with Gasteiger partial charge in [-0.2, -0.15) is 0 Å². The molecule has 1 N–H and O–H groups in total. The first-order valence-corrected chi connectivity index (χ1v) is 6.29. The van der Waals surface area contributed by atoms with E-state index >= 15 is 0 Å². The van der Waals surface area contributed by atoms with E-state index in [9.17, 15) is 4.79 Å². The summed E-state index contributed by atoms with van der Waals surface area (Å²) in [4.78, 5) is 11.2. The summed E-state index contributed by atoms with van der Waals surface area (Å²) in [6.45, 7) is 2.63. The predicted octanol–water partition coefficient (Wildman–Crippen LogP) is 3.00. The first-order valence-electron chi connectivity index (χ1n) is 5.16. The van der Waals surface area contributed by atoms with Crippen LogP contribution in [0.3, 0.4) is 0 Å². The molecular weight excluding hydrogens is 254 g/mol. The maximum Gasteiger partial charge on any atom is 0.220 e. The average Bonchev–Trinajstić information content (AvgIpc) is 2.27. The second-order valence-electron chi connectivity index (χ2n) is 3.48. The van der Waals surface area contributed by atoms with Crippen LogP contribution in [-0.4, -0.2) is 5.91 Å². The van der Waals surface area contributed by atoms with Crippen LogP contribution in [0.5, 0.6) is 0 Å². The molecule has 3 heteroatoms. The summed E-state index contributed by atoms with van der Waals surface area (Å²) in [5.74, 6) is 0.127. The zero-order chi connectivity index (χ0) is 11.1. The summed E-state index contributed by atoms with van der Waals surface area (Å²) in [6, 6.07) is 8.22. The van der Waals surface area contributed by atoms with Gasteiger partial charge in [0.1, 0.15) is 0 Å². The maximum atomic E-state index is 11.2. The van der Waals surface area contributed by atoms with E-state index in [-0.39, 0.29) is 5.91 Å². The van der Waals surface area contributed by atoms with E-state index in [2.05, 4.69) is 33.4 Å². The van der Waals surface area contributed by atoms with Crippen molar-refractivity contribution < 1.29 is 4.79 Å². The lowest BCUT2D eigenvalue weighted by atomic mass is 10.1. The molecule has 1 aromatic carbocycles. The molecule has 2 nitrogen and oxygen atoms in total. The van der Waals surface area contributed by atoms with Gasteiger partial charge in [0.15, 0.2) is 0 Å². The van der Waals surface area contributed by atoms with Crippen molar-refractivity contribution in [3.63, 3.8) is 0 Å². The second-order valence-corrected chi connectivity index (χ2v) is 4.04. The number of halogens is 1. The number of benzene rings is 1. The number of hydrogen-bond acceptors (Lipinski definition) is 1. The fourth-order valence-electron chi connectivity index (χ4n) is 1.26. The Labute approximate surface area is 99.2 Å². The molecule has 0 fully saturated rings. The monoisotopic (exact) mass is 269 g/mol. The van der Waals surface area contributed by atoms with Crippen molar-refractivity contribution in [3.8, 4) is 0 Å². The number of carbonyl (C=O) groups excluding carboxylic acids is 1. The molecule has 0 atom stereocenters. The Kier molecular flexibility index (Phi) is 5.40. The third-order valence-electron chi connectivity index (χ3n) is 2.14. The molecule has 0 unspecified atom stereocenters. The number of carbonyl (C=O) groups is 1. The molecule has 0 aromatic heterocycles. The van der Waals surface area contributed by atoms with Crippen LogP contribution in [0.4, 0.5) is 0 Å². The number of rotatable bonds is 5. The molecule has 1 rings (SSSR count). The minimum Gasteiger partial charge on any atom is -0.352 e. The third kappa shape index (κ3) is 4.47. The highest BCUT2D eigenvalue weighted by atomic mass is 79.9. The summed E-state index contributed by atoms with van der Waals surface area (Å²) >= 11 is 3.40. The lowest BCUT2D eigenvalue weighted by molar-refractivity contribution is -0.121. The third-order valence-corrected chi connectivity index (χ3v) is 2.79. The van der Waals surface area contributed by atoms with Crippen molar-refractivity contribution in [1.29, 1.82) is 0 Å². The lowest BCUT2D eigenvalue weighted by Crippen LogP contribution is -2.21. The molecule has 0 aliphatic rings. The predicted molar refractivity (Wildman–Crippen MR) is 65.8 cm³/mol. The van der Waals surface area contributed by atoms with Gasteiger partial charge < -0.3 is 5.32 Å². The Morgan fingerprint density at radius 3 is 2.40 bits per heavy atom. The summed E-state index contributed by atoms with van der Waals surface area (Å²) in [5, 5.41) is 3.76. The number of alkyl halides is 1. The molecule has 0 saturated carbocycles. The van der Waals surface area contributed by atoms with Gasteiger partial charge in [-0.1, -0.05) is 47.1 Å². The van der Waals surface area contributed by atoms with Crippen molar-refractivity contribution in [2.75, 3.05) is 0 Å². The first kappa shape index (κ1) is 12.2. The van der Waals surface area contributed by atoms with Crippen molar-refractivity contribution >= 4 is 21.8 Å². The van der Waals surface area contributed by atoms with Gasteiger partial charge in [-0.25, -0.2) is 0 Å². The van der Waals surface area contributed by atoms with E-state index in [1.807, 2.05) is 19.1 Å². The van der Waals surface area contributed by atoms with Crippen LogP contribution in [0.2, 0.25) is 0 Å². The molecular formula is C12H16BrNO. The SMILES string of the molecule is CCCC(=O)NCc1ccc(CBr)cc1. The largest absolute Gasteiger partial charge is 0.352 e. The zero-order valence-corrected chi connectivity index (χ0v) is 10.5. The molecule has 0 aliphatic heterocycles. The van der Waals surface area contributed by atoms with Gasteiger partial charge in [0, 0.05) is 18.3 Å². The van der Waals surface area contributed by atoms with Crippen LogP contribution in [0.1, 0.15) is 30.9 Å². The molecule has 0 aliphatic carbocycles. The van der Waals surface area contributed by atoms with E-state index in [1.54, 1.807) is 0 Å². The quantitative estimate of drug-likeness (QED) is 0.819. The number of amides is 1. The smallest absolute Gasteiger partial charge is 0.220 e. The maximum absolute atomic E-state index is 11.2. The van der Waals surface area contributed by atoms with Crippen LogP contribution in [0, 0.1) is 0 Å². The average molecular weight is 270 g/mol. The standard InChI is InChI=1S/C12H16BrNO/c1-2-3-12(15)14-9-11-6-4-10(8-13)5-7-11/h4-7H,2-3,8-9H2,1H3,(H,14,15). The minimum absolute atomic E-state index is 0.127. The Hall–Kier alpha value is -0.830. The van der Waals surface area contributed by atoms with Crippen molar-refractivity contribution in [2.24, 2.45) is 0 Å². The molecule has 0 radical (unpaired) electrons. The van der Waals surface area contributed by atoms with Gasteiger partial charge in [-0.15, -0.1) is 0 Å². The molecule has 0 heterocycles. The van der Waals surface area contributed by atoms with Crippen LogP contribution < -0.4 is 5.32 Å². The Morgan fingerprint density at radius 1 is 1.27 bits per heavy atom. The van der Waals surface area contributed by atoms with E-state index in [4.69, 9.17) is 0 Å². The number of nitrogens with one attached hydrogen (secondary N) is 1. The molecule has 0 saturated heterocycles. The topological polar surface area (TPSA) is 29.1 Å². The van der Waals surface area contributed by atoms with Gasteiger partial charge in [0.05, 0.1) is 0 Å². The molecule has 1 amide bonds. The first-order chi connectivity index (χ1) is 7.26. The van der Waals surface area contributed by atoms with Gasteiger partial charge in [0.25, 0.3) is 0 Å². The van der Waals surface area contributed by atoms with Crippen LogP contribution in [0.25, 0.3) is 0 Å². The minimum atomic E-state index is 0.127. The molecule has 15 heavy (non-hydrogen) atoms. The highest BCUT2D eigenvalue weighted by Crippen LogP contribution is 2.07. The summed E-state index contributed by atoms with van der Waals surface area (Å²) in [7, 11) is 0. The molecule has 82 valence electrons. The van der Waals surface area contributed by atoms with E-state index in [0.717, 1.165) is 17.3 Å². The van der Waals surface area contributed by atoms with Gasteiger partial charge >= 0.3 is 0 Å². The molecule has 1 aromatic rings. The van der Waals surface area contributed by atoms with E-state index in [0.29, 0.717) is 13.0 Å². The van der Waals surface area contributed by atoms with Gasteiger partial charge in [-0.3, -0.25) is 4.79 Å². The summed E-state index contributed by atoms with van der Waals surface area (Å²) in [5.41, 5.74) is 2.39. The van der Waals surface area contributed by atoms with Crippen LogP contribution in [0.15, 0.2) is 24.3 Å². The van der Waals surface area contributed by atoms with E-state index < -0.39 is 0 Å². The summed E-state index contributed by atoms with van der Waals surface area (Å²) in [6.07, 6.45) is 1.51. The van der Waals surface area contributed by atoms with Crippen molar-refractivity contribution in [2.45, 2.75) is 31.6 Å². The lowest BCUT2D eigenvalue weighted by Gasteiger charge is -2.04. The van der Waals surface area contributed by atoms with Gasteiger partial charge in [-0.05, 0) is 17.5 Å². The highest BCUT2D eigenvalue weighted by molar-refractivity contribution is 9.08. The highest BCUT2D eigenvalue weighted by Gasteiger charge is 1.99. The van der Waals surface area contributed by atoms with Gasteiger partial charge in [0.2, 0.25) is 5.91 Å². The zero-order valence-electron chi connectivity index (χ0n) is 8.92. The van der Waals surface area contributed by atoms with Crippen molar-refractivity contribution in [3.05, 3.63) is 35.4 Å². The summed E-state index contributed by atoms with van der Waals surface area (Å²) < 4.78 is 0.